The highest BCUT2D eigenvalue weighted by molar-refractivity contribution is 9.10. The molecule has 0 aliphatic rings. The minimum Gasteiger partial charge on any atom is -0.377 e. The van der Waals surface area contributed by atoms with Gasteiger partial charge in [0.25, 0.3) is 0 Å². The number of nitrogens with one attached hydrogen (secondary N) is 1. The number of hydrogen-bond acceptors (Lipinski definition) is 2. The number of aryl methyl sites for hydroxylation is 2. The van der Waals surface area contributed by atoms with E-state index in [1.807, 2.05) is 24.5 Å². The van der Waals surface area contributed by atoms with Gasteiger partial charge in [-0.05, 0) is 71.6 Å². The third-order valence-electron chi connectivity index (χ3n) is 3.00. The number of aromatic nitrogens is 1. The molecule has 0 amide bonds. The lowest BCUT2D eigenvalue weighted by atomic mass is 10.1. The van der Waals surface area contributed by atoms with E-state index in [1.54, 1.807) is 0 Å². The molecule has 0 saturated heterocycles. The Morgan fingerprint density at radius 2 is 1.83 bits per heavy atom. The summed E-state index contributed by atoms with van der Waals surface area (Å²) in [6, 6.07) is 8.65. The van der Waals surface area contributed by atoms with E-state index in [0.29, 0.717) is 0 Å². The SMILES string of the molecule is Cc1cc(C)c(NC(C)c2ccncc2)c(Br)c1. The Morgan fingerprint density at radius 3 is 2.44 bits per heavy atom. The number of pyridine rings is 1. The Kier molecular flexibility index (Phi) is 4.02. The van der Waals surface area contributed by atoms with Crippen LogP contribution >= 0.6 is 15.9 Å². The van der Waals surface area contributed by atoms with E-state index >= 15 is 0 Å². The molecule has 0 saturated carbocycles. The molecule has 1 unspecified atom stereocenters. The number of hydrogen-bond donors (Lipinski definition) is 1. The summed E-state index contributed by atoms with van der Waals surface area (Å²) in [6.45, 7) is 6.38. The first kappa shape index (κ1) is 13.1. The van der Waals surface area contributed by atoms with Gasteiger partial charge < -0.3 is 5.32 Å². The highest BCUT2D eigenvalue weighted by atomic mass is 79.9. The lowest BCUT2D eigenvalue weighted by molar-refractivity contribution is 0.877. The second-order valence-electron chi connectivity index (χ2n) is 4.59. The molecule has 1 heterocycles. The predicted molar refractivity (Wildman–Crippen MR) is 79.9 cm³/mol. The summed E-state index contributed by atoms with van der Waals surface area (Å²) in [7, 11) is 0. The van der Waals surface area contributed by atoms with Gasteiger partial charge in [-0.15, -0.1) is 0 Å². The Labute approximate surface area is 117 Å². The molecule has 1 atom stereocenters. The normalized spacial score (nSPS) is 12.2. The lowest BCUT2D eigenvalue weighted by Crippen LogP contribution is -2.08. The van der Waals surface area contributed by atoms with E-state index in [2.05, 4.69) is 59.1 Å². The van der Waals surface area contributed by atoms with Crippen molar-refractivity contribution in [2.24, 2.45) is 0 Å². The fraction of sp³-hybridized carbons (Fsp3) is 0.267. The number of anilines is 1. The summed E-state index contributed by atoms with van der Waals surface area (Å²) in [5.41, 5.74) is 4.91. The van der Waals surface area contributed by atoms with E-state index in [0.717, 1.165) is 10.2 Å². The highest BCUT2D eigenvalue weighted by Crippen LogP contribution is 2.30. The van der Waals surface area contributed by atoms with Gasteiger partial charge in [-0.3, -0.25) is 4.98 Å². The Hall–Kier alpha value is -1.35. The van der Waals surface area contributed by atoms with Crippen LogP contribution in [-0.4, -0.2) is 4.98 Å². The van der Waals surface area contributed by atoms with Crippen LogP contribution in [0, 0.1) is 13.8 Å². The second-order valence-corrected chi connectivity index (χ2v) is 5.44. The quantitative estimate of drug-likeness (QED) is 0.894. The number of nitrogens with zero attached hydrogens (tertiary/aromatic N) is 1. The molecule has 0 spiro atoms. The van der Waals surface area contributed by atoms with Crippen molar-refractivity contribution in [3.05, 3.63) is 57.8 Å². The first-order valence-corrected chi connectivity index (χ1v) is 6.80. The zero-order chi connectivity index (χ0) is 13.1. The zero-order valence-corrected chi connectivity index (χ0v) is 12.5. The molecular formula is C15H17BrN2. The lowest BCUT2D eigenvalue weighted by Gasteiger charge is -2.19. The van der Waals surface area contributed by atoms with Crippen LogP contribution in [0.2, 0.25) is 0 Å². The van der Waals surface area contributed by atoms with E-state index in [1.165, 1.54) is 16.7 Å². The molecule has 1 aromatic carbocycles. The van der Waals surface area contributed by atoms with Gasteiger partial charge in [-0.2, -0.15) is 0 Å². The zero-order valence-electron chi connectivity index (χ0n) is 10.9. The van der Waals surface area contributed by atoms with E-state index in [9.17, 15) is 0 Å². The van der Waals surface area contributed by atoms with Crippen LogP contribution in [-0.2, 0) is 0 Å². The van der Waals surface area contributed by atoms with Gasteiger partial charge in [0.2, 0.25) is 0 Å². The molecule has 94 valence electrons. The number of halogens is 1. The molecule has 2 aromatic rings. The minimum atomic E-state index is 0.255. The molecular weight excluding hydrogens is 288 g/mol. The molecule has 2 rings (SSSR count). The molecule has 18 heavy (non-hydrogen) atoms. The van der Waals surface area contributed by atoms with E-state index in [-0.39, 0.29) is 6.04 Å². The van der Waals surface area contributed by atoms with Crippen LogP contribution in [0.1, 0.15) is 29.7 Å². The van der Waals surface area contributed by atoms with Crippen LogP contribution in [0.5, 0.6) is 0 Å². The van der Waals surface area contributed by atoms with Gasteiger partial charge in [0.05, 0.1) is 5.69 Å². The van der Waals surface area contributed by atoms with Crippen molar-refractivity contribution in [1.29, 1.82) is 0 Å². The average molecular weight is 305 g/mol. The first-order chi connectivity index (χ1) is 8.58. The van der Waals surface area contributed by atoms with Crippen LogP contribution < -0.4 is 5.32 Å². The maximum Gasteiger partial charge on any atom is 0.0519 e. The summed E-state index contributed by atoms with van der Waals surface area (Å²) >= 11 is 3.62. The average Bonchev–Trinajstić information content (AvgIpc) is 2.34. The maximum atomic E-state index is 4.04. The van der Waals surface area contributed by atoms with Crippen molar-refractivity contribution in [2.45, 2.75) is 26.8 Å². The van der Waals surface area contributed by atoms with Crippen molar-refractivity contribution in [1.82, 2.24) is 4.98 Å². The largest absolute Gasteiger partial charge is 0.377 e. The van der Waals surface area contributed by atoms with Crippen molar-refractivity contribution in [3.63, 3.8) is 0 Å². The van der Waals surface area contributed by atoms with Crippen LogP contribution in [0.3, 0.4) is 0 Å². The predicted octanol–water partition coefficient (Wildman–Crippen LogP) is 4.63. The molecule has 3 heteroatoms. The van der Waals surface area contributed by atoms with Crippen LogP contribution in [0.15, 0.2) is 41.1 Å². The van der Waals surface area contributed by atoms with Crippen molar-refractivity contribution in [2.75, 3.05) is 5.32 Å². The fourth-order valence-corrected chi connectivity index (χ4v) is 2.84. The Morgan fingerprint density at radius 1 is 1.17 bits per heavy atom. The summed E-state index contributed by atoms with van der Waals surface area (Å²) in [5.74, 6) is 0. The topological polar surface area (TPSA) is 24.9 Å². The Balaban J connectivity index is 2.25. The van der Waals surface area contributed by atoms with Crippen molar-refractivity contribution in [3.8, 4) is 0 Å². The van der Waals surface area contributed by atoms with Crippen LogP contribution in [0.4, 0.5) is 5.69 Å². The van der Waals surface area contributed by atoms with Gasteiger partial charge in [0, 0.05) is 22.9 Å². The Bertz CT molecular complexity index is 514. The van der Waals surface area contributed by atoms with Gasteiger partial charge in [0.15, 0.2) is 0 Å². The third-order valence-corrected chi connectivity index (χ3v) is 3.62. The molecule has 0 aliphatic carbocycles. The fourth-order valence-electron chi connectivity index (χ4n) is 2.05. The van der Waals surface area contributed by atoms with Gasteiger partial charge in [0.1, 0.15) is 0 Å². The highest BCUT2D eigenvalue weighted by Gasteiger charge is 2.09. The van der Waals surface area contributed by atoms with E-state index in [4.69, 9.17) is 0 Å². The smallest absolute Gasteiger partial charge is 0.0519 e. The molecule has 0 aliphatic heterocycles. The summed E-state index contributed by atoms with van der Waals surface area (Å²) in [4.78, 5) is 4.04. The third kappa shape index (κ3) is 2.91. The second kappa shape index (κ2) is 5.53. The molecule has 0 bridgehead atoms. The van der Waals surface area contributed by atoms with Crippen molar-refractivity contribution >= 4 is 21.6 Å². The van der Waals surface area contributed by atoms with E-state index < -0.39 is 0 Å². The molecule has 0 fully saturated rings. The molecule has 2 nitrogen and oxygen atoms in total. The molecule has 1 N–H and O–H groups in total. The maximum absolute atomic E-state index is 4.04. The van der Waals surface area contributed by atoms with Crippen molar-refractivity contribution < 1.29 is 0 Å². The monoisotopic (exact) mass is 304 g/mol. The van der Waals surface area contributed by atoms with Gasteiger partial charge >= 0.3 is 0 Å². The summed E-state index contributed by atoms with van der Waals surface area (Å²) in [5, 5.41) is 3.55. The molecule has 0 radical (unpaired) electrons. The number of rotatable bonds is 3. The van der Waals surface area contributed by atoms with Gasteiger partial charge in [-0.1, -0.05) is 6.07 Å². The standard InChI is InChI=1S/C15H17BrN2/c1-10-8-11(2)15(14(16)9-10)18-12(3)13-4-6-17-7-5-13/h4-9,12,18H,1-3H3. The van der Waals surface area contributed by atoms with Gasteiger partial charge in [-0.25, -0.2) is 0 Å². The molecule has 1 aromatic heterocycles. The summed E-state index contributed by atoms with van der Waals surface area (Å²) in [6.07, 6.45) is 3.65. The van der Waals surface area contributed by atoms with Crippen LogP contribution in [0.25, 0.3) is 0 Å². The first-order valence-electron chi connectivity index (χ1n) is 6.01. The summed E-state index contributed by atoms with van der Waals surface area (Å²) < 4.78 is 1.11. The minimum absolute atomic E-state index is 0.255. The number of benzene rings is 1.